The highest BCUT2D eigenvalue weighted by Gasteiger charge is 2.26. The second-order valence-corrected chi connectivity index (χ2v) is 6.80. The zero-order valence-electron chi connectivity index (χ0n) is 15.6. The maximum Gasteiger partial charge on any atom is 0.261 e. The number of hydrogen-bond acceptors (Lipinski definition) is 4. The van der Waals surface area contributed by atoms with Gasteiger partial charge in [0.2, 0.25) is 5.91 Å². The van der Waals surface area contributed by atoms with Gasteiger partial charge >= 0.3 is 0 Å². The van der Waals surface area contributed by atoms with Crippen LogP contribution in [0.1, 0.15) is 12.5 Å². The molecule has 1 N–H and O–H groups in total. The molecule has 0 aliphatic rings. The van der Waals surface area contributed by atoms with Crippen LogP contribution in [0.5, 0.6) is 11.5 Å². The Morgan fingerprint density at radius 2 is 1.85 bits per heavy atom. The lowest BCUT2D eigenvalue weighted by atomic mass is 10.1. The summed E-state index contributed by atoms with van der Waals surface area (Å²) in [5.41, 5.74) is 0.908. The number of methoxy groups -OCH3 is 1. The molecule has 1 unspecified atom stereocenters. The lowest BCUT2D eigenvalue weighted by Crippen LogP contribution is -2.48. The molecular formula is C20H23BrN2O4. The van der Waals surface area contributed by atoms with Gasteiger partial charge in [-0.3, -0.25) is 9.59 Å². The molecule has 0 heterocycles. The molecule has 0 radical (unpaired) electrons. The van der Waals surface area contributed by atoms with Gasteiger partial charge in [0.1, 0.15) is 6.04 Å². The molecular weight excluding hydrogens is 412 g/mol. The van der Waals surface area contributed by atoms with Gasteiger partial charge in [0.15, 0.2) is 18.1 Å². The molecule has 2 aromatic carbocycles. The Kier molecular flexibility index (Phi) is 7.67. The van der Waals surface area contributed by atoms with E-state index in [2.05, 4.69) is 21.2 Å². The monoisotopic (exact) mass is 434 g/mol. The fourth-order valence-corrected chi connectivity index (χ4v) is 3.03. The zero-order chi connectivity index (χ0) is 19.8. The van der Waals surface area contributed by atoms with Crippen LogP contribution in [0.3, 0.4) is 0 Å². The van der Waals surface area contributed by atoms with Crippen LogP contribution in [0, 0.1) is 0 Å². The van der Waals surface area contributed by atoms with Crippen molar-refractivity contribution in [1.82, 2.24) is 10.2 Å². The van der Waals surface area contributed by atoms with Gasteiger partial charge in [-0.1, -0.05) is 40.2 Å². The number of para-hydroxylation sites is 2. The minimum absolute atomic E-state index is 0.199. The number of nitrogens with zero attached hydrogens (tertiary/aromatic N) is 1. The molecule has 27 heavy (non-hydrogen) atoms. The minimum Gasteiger partial charge on any atom is -0.493 e. The second-order valence-electron chi connectivity index (χ2n) is 5.88. The number of benzene rings is 2. The molecule has 0 bridgehead atoms. The van der Waals surface area contributed by atoms with Gasteiger partial charge in [-0.25, -0.2) is 0 Å². The number of rotatable bonds is 8. The van der Waals surface area contributed by atoms with Crippen molar-refractivity contribution in [2.75, 3.05) is 20.8 Å². The van der Waals surface area contributed by atoms with Gasteiger partial charge in [-0.15, -0.1) is 0 Å². The van der Waals surface area contributed by atoms with Crippen LogP contribution in [0.15, 0.2) is 53.0 Å². The van der Waals surface area contributed by atoms with Gasteiger partial charge in [0.25, 0.3) is 5.91 Å². The number of amides is 2. The van der Waals surface area contributed by atoms with Crippen LogP contribution in [-0.4, -0.2) is 43.5 Å². The van der Waals surface area contributed by atoms with Crippen LogP contribution in [-0.2, 0) is 16.1 Å². The molecule has 0 aromatic heterocycles. The van der Waals surface area contributed by atoms with E-state index in [-0.39, 0.29) is 18.4 Å². The third-order valence-electron chi connectivity index (χ3n) is 4.08. The highest BCUT2D eigenvalue weighted by Crippen LogP contribution is 2.26. The molecule has 2 aromatic rings. The van der Waals surface area contributed by atoms with Crippen molar-refractivity contribution in [3.63, 3.8) is 0 Å². The van der Waals surface area contributed by atoms with Crippen molar-refractivity contribution in [3.05, 3.63) is 58.6 Å². The number of carbonyl (C=O) groups excluding carboxylic acids is 2. The van der Waals surface area contributed by atoms with Gasteiger partial charge < -0.3 is 19.7 Å². The standard InChI is InChI=1S/C20H23BrN2O4/c1-14(20(25)22-2)23(12-15-7-6-8-16(21)11-15)19(24)13-27-18-10-5-4-9-17(18)26-3/h4-11,14H,12-13H2,1-3H3,(H,22,25). The predicted molar refractivity (Wildman–Crippen MR) is 107 cm³/mol. The third-order valence-corrected chi connectivity index (χ3v) is 4.57. The Hall–Kier alpha value is -2.54. The number of nitrogens with one attached hydrogen (secondary N) is 1. The summed E-state index contributed by atoms with van der Waals surface area (Å²) in [5, 5.41) is 2.59. The first kappa shape index (κ1) is 20.8. The molecule has 0 aliphatic heterocycles. The molecule has 7 heteroatoms. The molecule has 1 atom stereocenters. The van der Waals surface area contributed by atoms with Gasteiger partial charge in [0, 0.05) is 18.1 Å². The van der Waals surface area contributed by atoms with Crippen LogP contribution in [0.25, 0.3) is 0 Å². The number of carbonyl (C=O) groups is 2. The Morgan fingerprint density at radius 3 is 2.48 bits per heavy atom. The molecule has 0 spiro atoms. The number of likely N-dealkylation sites (N-methyl/N-ethyl adjacent to an activating group) is 1. The van der Waals surface area contributed by atoms with E-state index in [4.69, 9.17) is 9.47 Å². The second kappa shape index (κ2) is 9.97. The van der Waals surface area contributed by atoms with E-state index < -0.39 is 6.04 Å². The van der Waals surface area contributed by atoms with Crippen LogP contribution < -0.4 is 14.8 Å². The van der Waals surface area contributed by atoms with Crippen molar-refractivity contribution in [2.45, 2.75) is 19.5 Å². The molecule has 6 nitrogen and oxygen atoms in total. The first-order valence-corrected chi connectivity index (χ1v) is 9.27. The fraction of sp³-hybridized carbons (Fsp3) is 0.300. The quantitative estimate of drug-likeness (QED) is 0.693. The highest BCUT2D eigenvalue weighted by atomic mass is 79.9. The van der Waals surface area contributed by atoms with E-state index in [0.29, 0.717) is 18.0 Å². The van der Waals surface area contributed by atoms with Gasteiger partial charge in [-0.2, -0.15) is 0 Å². The topological polar surface area (TPSA) is 67.9 Å². The van der Waals surface area contributed by atoms with E-state index in [9.17, 15) is 9.59 Å². The Labute approximate surface area is 167 Å². The average Bonchev–Trinajstić information content (AvgIpc) is 2.69. The first-order valence-electron chi connectivity index (χ1n) is 8.47. The largest absolute Gasteiger partial charge is 0.493 e. The SMILES string of the molecule is CNC(=O)C(C)N(Cc1cccc(Br)c1)C(=O)COc1ccccc1OC. The van der Waals surface area contributed by atoms with Crippen molar-refractivity contribution in [2.24, 2.45) is 0 Å². The summed E-state index contributed by atoms with van der Waals surface area (Å²) in [4.78, 5) is 26.4. The van der Waals surface area contributed by atoms with Crippen molar-refractivity contribution in [3.8, 4) is 11.5 Å². The summed E-state index contributed by atoms with van der Waals surface area (Å²) in [5.74, 6) is 0.485. The molecule has 2 rings (SSSR count). The zero-order valence-corrected chi connectivity index (χ0v) is 17.2. The van der Waals surface area contributed by atoms with Crippen molar-refractivity contribution < 1.29 is 19.1 Å². The predicted octanol–water partition coefficient (Wildman–Crippen LogP) is 3.00. The Morgan fingerprint density at radius 1 is 1.15 bits per heavy atom. The van der Waals surface area contributed by atoms with Crippen LogP contribution in [0.4, 0.5) is 0 Å². The summed E-state index contributed by atoms with van der Waals surface area (Å²) in [7, 11) is 3.09. The molecule has 0 saturated heterocycles. The normalized spacial score (nSPS) is 11.4. The fourth-order valence-electron chi connectivity index (χ4n) is 2.58. The first-order chi connectivity index (χ1) is 13.0. The summed E-state index contributed by atoms with van der Waals surface area (Å²) >= 11 is 3.42. The average molecular weight is 435 g/mol. The minimum atomic E-state index is -0.636. The lowest BCUT2D eigenvalue weighted by Gasteiger charge is -2.28. The van der Waals surface area contributed by atoms with Crippen LogP contribution >= 0.6 is 15.9 Å². The maximum absolute atomic E-state index is 12.8. The van der Waals surface area contributed by atoms with E-state index >= 15 is 0 Å². The third kappa shape index (κ3) is 5.72. The van der Waals surface area contributed by atoms with Gasteiger partial charge in [-0.05, 0) is 36.8 Å². The number of ether oxygens (including phenoxy) is 2. The summed E-state index contributed by atoms with van der Waals surface area (Å²) in [6, 6.07) is 14.1. The van der Waals surface area contributed by atoms with E-state index in [1.807, 2.05) is 30.3 Å². The summed E-state index contributed by atoms with van der Waals surface area (Å²) in [6.45, 7) is 1.79. The van der Waals surface area contributed by atoms with E-state index in [0.717, 1.165) is 10.0 Å². The Bertz CT molecular complexity index is 797. The molecule has 144 valence electrons. The molecule has 0 saturated carbocycles. The van der Waals surface area contributed by atoms with Crippen molar-refractivity contribution >= 4 is 27.7 Å². The van der Waals surface area contributed by atoms with Crippen molar-refractivity contribution in [1.29, 1.82) is 0 Å². The number of halogens is 1. The Balaban J connectivity index is 2.16. The molecule has 2 amide bonds. The van der Waals surface area contributed by atoms with Crippen LogP contribution in [0.2, 0.25) is 0 Å². The maximum atomic E-state index is 12.8. The smallest absolute Gasteiger partial charge is 0.261 e. The molecule has 0 aliphatic carbocycles. The lowest BCUT2D eigenvalue weighted by molar-refractivity contribution is -0.142. The van der Waals surface area contributed by atoms with E-state index in [1.165, 1.54) is 12.0 Å². The van der Waals surface area contributed by atoms with Gasteiger partial charge in [0.05, 0.1) is 7.11 Å². The summed E-state index contributed by atoms with van der Waals surface area (Å²) < 4.78 is 11.8. The van der Waals surface area contributed by atoms with E-state index in [1.54, 1.807) is 32.2 Å². The highest BCUT2D eigenvalue weighted by molar-refractivity contribution is 9.10. The molecule has 0 fully saturated rings. The number of hydrogen-bond donors (Lipinski definition) is 1. The summed E-state index contributed by atoms with van der Waals surface area (Å²) in [6.07, 6.45) is 0.